The van der Waals surface area contributed by atoms with Crippen LogP contribution in [0.3, 0.4) is 0 Å². The smallest absolute Gasteiger partial charge is 0.278 e. The van der Waals surface area contributed by atoms with Crippen LogP contribution in [0.1, 0.15) is 10.5 Å². The van der Waals surface area contributed by atoms with Gasteiger partial charge in [0.05, 0.1) is 17.3 Å². The predicted octanol–water partition coefficient (Wildman–Crippen LogP) is 4.07. The van der Waals surface area contributed by atoms with Crippen LogP contribution >= 0.6 is 23.1 Å². The van der Waals surface area contributed by atoms with Crippen LogP contribution in [0.15, 0.2) is 41.7 Å². The van der Waals surface area contributed by atoms with Crippen molar-refractivity contribution >= 4 is 49.9 Å². The number of amides is 1. The van der Waals surface area contributed by atoms with E-state index in [0.29, 0.717) is 32.3 Å². The first-order valence-corrected chi connectivity index (χ1v) is 9.61. The monoisotopic (exact) mass is 388 g/mol. The van der Waals surface area contributed by atoms with Crippen molar-refractivity contribution in [2.24, 2.45) is 0 Å². The standard InChI is InChI=1S/C17H13FN4O2S2/c1-24-11-7-9(18)8-12-14(11)19-16(26-12)21-15(23)13-10-5-3-4-6-22(10)17(20-13)25-2/h3-8H,1-2H3,(H,19,21,23). The summed E-state index contributed by atoms with van der Waals surface area (Å²) in [7, 11) is 1.45. The molecule has 4 aromatic rings. The van der Waals surface area contributed by atoms with Gasteiger partial charge < -0.3 is 4.74 Å². The van der Waals surface area contributed by atoms with Crippen LogP contribution in [0.5, 0.6) is 5.75 Å². The van der Waals surface area contributed by atoms with Crippen molar-refractivity contribution < 1.29 is 13.9 Å². The lowest BCUT2D eigenvalue weighted by atomic mass is 10.3. The molecule has 0 aliphatic carbocycles. The fraction of sp³-hybridized carbons (Fsp3) is 0.118. The predicted molar refractivity (Wildman–Crippen MR) is 101 cm³/mol. The number of carbonyl (C=O) groups is 1. The summed E-state index contributed by atoms with van der Waals surface area (Å²) in [6.45, 7) is 0. The summed E-state index contributed by atoms with van der Waals surface area (Å²) >= 11 is 2.63. The number of thioether (sulfide) groups is 1. The number of aromatic nitrogens is 3. The molecule has 0 aliphatic rings. The Hall–Kier alpha value is -2.65. The van der Waals surface area contributed by atoms with Crippen molar-refractivity contribution in [2.75, 3.05) is 18.7 Å². The van der Waals surface area contributed by atoms with Crippen molar-refractivity contribution in [1.29, 1.82) is 0 Å². The summed E-state index contributed by atoms with van der Waals surface area (Å²) in [5.74, 6) is -0.457. The molecule has 3 aromatic heterocycles. The zero-order valence-corrected chi connectivity index (χ0v) is 15.4. The molecule has 0 spiro atoms. The summed E-state index contributed by atoms with van der Waals surface area (Å²) in [6, 6.07) is 8.19. The highest BCUT2D eigenvalue weighted by atomic mass is 32.2. The summed E-state index contributed by atoms with van der Waals surface area (Å²) in [4.78, 5) is 21.5. The summed E-state index contributed by atoms with van der Waals surface area (Å²) in [5, 5.41) is 3.83. The second-order valence-corrected chi connectivity index (χ2v) is 7.13. The lowest BCUT2D eigenvalue weighted by Crippen LogP contribution is -2.12. The van der Waals surface area contributed by atoms with E-state index in [4.69, 9.17) is 4.74 Å². The highest BCUT2D eigenvalue weighted by Crippen LogP contribution is 2.33. The number of nitrogens with one attached hydrogen (secondary N) is 1. The molecule has 26 heavy (non-hydrogen) atoms. The van der Waals surface area contributed by atoms with E-state index < -0.39 is 5.82 Å². The molecular formula is C17H13FN4O2S2. The van der Waals surface area contributed by atoms with Crippen LogP contribution in [0.25, 0.3) is 15.7 Å². The van der Waals surface area contributed by atoms with E-state index in [2.05, 4.69) is 15.3 Å². The van der Waals surface area contributed by atoms with Gasteiger partial charge in [-0.15, -0.1) is 0 Å². The molecule has 0 radical (unpaired) electrons. The number of carbonyl (C=O) groups excluding carboxylic acids is 1. The van der Waals surface area contributed by atoms with Gasteiger partial charge in [0.25, 0.3) is 5.91 Å². The molecule has 0 fully saturated rings. The molecule has 9 heteroatoms. The Bertz CT molecular complexity index is 1140. The molecule has 0 saturated heterocycles. The SMILES string of the molecule is COc1cc(F)cc2sc(NC(=O)c3nc(SC)n4ccccc34)nc12. The van der Waals surface area contributed by atoms with Crippen LogP contribution in [0, 0.1) is 5.82 Å². The van der Waals surface area contributed by atoms with Gasteiger partial charge in [-0.3, -0.25) is 14.5 Å². The topological polar surface area (TPSA) is 68.5 Å². The Morgan fingerprint density at radius 1 is 1.35 bits per heavy atom. The lowest BCUT2D eigenvalue weighted by molar-refractivity contribution is 0.102. The van der Waals surface area contributed by atoms with E-state index in [1.807, 2.05) is 35.1 Å². The molecule has 0 unspecified atom stereocenters. The average Bonchev–Trinajstić information content (AvgIpc) is 3.21. The number of nitrogens with zero attached hydrogens (tertiary/aromatic N) is 3. The minimum Gasteiger partial charge on any atom is -0.494 e. The van der Waals surface area contributed by atoms with E-state index in [0.717, 1.165) is 5.16 Å². The molecule has 1 amide bonds. The van der Waals surface area contributed by atoms with Gasteiger partial charge in [-0.2, -0.15) is 0 Å². The van der Waals surface area contributed by atoms with Crippen LogP contribution in [0.2, 0.25) is 0 Å². The number of thiazole rings is 1. The Morgan fingerprint density at radius 3 is 2.96 bits per heavy atom. The van der Waals surface area contributed by atoms with E-state index >= 15 is 0 Å². The van der Waals surface area contributed by atoms with Gasteiger partial charge >= 0.3 is 0 Å². The van der Waals surface area contributed by atoms with E-state index in [9.17, 15) is 9.18 Å². The Balaban J connectivity index is 1.72. The number of hydrogen-bond donors (Lipinski definition) is 1. The summed E-state index contributed by atoms with van der Waals surface area (Å²) in [5.41, 5.74) is 1.53. The Morgan fingerprint density at radius 2 is 2.19 bits per heavy atom. The number of hydrogen-bond acceptors (Lipinski definition) is 6. The van der Waals surface area contributed by atoms with Gasteiger partial charge in [-0.1, -0.05) is 29.2 Å². The van der Waals surface area contributed by atoms with Crippen molar-refractivity contribution in [3.05, 3.63) is 48.0 Å². The largest absolute Gasteiger partial charge is 0.494 e. The Kier molecular flexibility index (Phi) is 4.25. The van der Waals surface area contributed by atoms with Crippen molar-refractivity contribution in [2.45, 2.75) is 5.16 Å². The number of rotatable bonds is 4. The van der Waals surface area contributed by atoms with Crippen LogP contribution < -0.4 is 10.1 Å². The van der Waals surface area contributed by atoms with Gasteiger partial charge in [-0.25, -0.2) is 14.4 Å². The first-order valence-electron chi connectivity index (χ1n) is 7.57. The van der Waals surface area contributed by atoms with Gasteiger partial charge in [0.2, 0.25) is 0 Å². The second-order valence-electron chi connectivity index (χ2n) is 5.33. The van der Waals surface area contributed by atoms with Crippen molar-refractivity contribution in [1.82, 2.24) is 14.4 Å². The quantitative estimate of drug-likeness (QED) is 0.534. The third-order valence-electron chi connectivity index (χ3n) is 3.78. The summed E-state index contributed by atoms with van der Waals surface area (Å²) in [6.07, 6.45) is 3.76. The van der Waals surface area contributed by atoms with Crippen LogP contribution in [-0.4, -0.2) is 33.6 Å². The molecule has 1 aromatic carbocycles. The van der Waals surface area contributed by atoms with Gasteiger partial charge in [0.15, 0.2) is 16.0 Å². The molecule has 1 N–H and O–H groups in total. The zero-order valence-electron chi connectivity index (χ0n) is 13.8. The molecule has 0 atom stereocenters. The molecular weight excluding hydrogens is 375 g/mol. The molecule has 132 valence electrons. The summed E-state index contributed by atoms with van der Waals surface area (Å²) < 4.78 is 21.2. The fourth-order valence-corrected chi connectivity index (χ4v) is 4.09. The normalized spacial score (nSPS) is 11.2. The average molecular weight is 388 g/mol. The van der Waals surface area contributed by atoms with E-state index in [1.165, 1.54) is 42.3 Å². The fourth-order valence-electron chi connectivity index (χ4n) is 2.65. The minimum atomic E-state index is -0.416. The molecule has 3 heterocycles. The number of imidazole rings is 1. The molecule has 0 bridgehead atoms. The first kappa shape index (κ1) is 16.8. The zero-order chi connectivity index (χ0) is 18.3. The maximum absolute atomic E-state index is 13.6. The van der Waals surface area contributed by atoms with E-state index in [-0.39, 0.29) is 5.91 Å². The molecule has 6 nitrogen and oxygen atoms in total. The third-order valence-corrected chi connectivity index (χ3v) is 5.35. The number of pyridine rings is 1. The van der Waals surface area contributed by atoms with Gasteiger partial charge in [-0.05, 0) is 24.5 Å². The van der Waals surface area contributed by atoms with Crippen molar-refractivity contribution in [3.8, 4) is 5.75 Å². The number of anilines is 1. The van der Waals surface area contributed by atoms with Gasteiger partial charge in [0.1, 0.15) is 17.1 Å². The third kappa shape index (κ3) is 2.78. The highest BCUT2D eigenvalue weighted by molar-refractivity contribution is 7.98. The van der Waals surface area contributed by atoms with Crippen LogP contribution in [-0.2, 0) is 0 Å². The highest BCUT2D eigenvalue weighted by Gasteiger charge is 2.19. The van der Waals surface area contributed by atoms with Gasteiger partial charge in [0, 0.05) is 12.3 Å². The lowest BCUT2D eigenvalue weighted by Gasteiger charge is -2.00. The number of ether oxygens (including phenoxy) is 1. The molecule has 4 rings (SSSR count). The number of halogens is 1. The molecule has 0 aliphatic heterocycles. The van der Waals surface area contributed by atoms with E-state index in [1.54, 1.807) is 0 Å². The Labute approximate surface area is 156 Å². The maximum atomic E-state index is 13.6. The van der Waals surface area contributed by atoms with Crippen molar-refractivity contribution in [3.63, 3.8) is 0 Å². The molecule has 0 saturated carbocycles. The van der Waals surface area contributed by atoms with Crippen LogP contribution in [0.4, 0.5) is 9.52 Å². The minimum absolute atomic E-state index is 0.312. The number of fused-ring (bicyclic) bond motifs is 2. The second kappa shape index (κ2) is 6.58. The number of benzene rings is 1. The maximum Gasteiger partial charge on any atom is 0.278 e. The number of methoxy groups -OCH3 is 1. The first-order chi connectivity index (χ1) is 12.6.